The quantitative estimate of drug-likeness (QED) is 0.779. The first-order valence-corrected chi connectivity index (χ1v) is 7.96. The molecule has 1 atom stereocenters. The number of nitrogens with one attached hydrogen (secondary N) is 2. The molecular weight excluding hydrogens is 308 g/mol. The van der Waals surface area contributed by atoms with Crippen molar-refractivity contribution in [3.05, 3.63) is 48.6 Å². The van der Waals surface area contributed by atoms with Crippen LogP contribution in [0.25, 0.3) is 5.52 Å². The number of carbonyl (C=O) groups excluding carboxylic acids is 2. The predicted molar refractivity (Wildman–Crippen MR) is 89.0 cm³/mol. The van der Waals surface area contributed by atoms with Crippen molar-refractivity contribution >= 4 is 17.3 Å². The van der Waals surface area contributed by atoms with Crippen molar-refractivity contribution in [2.24, 2.45) is 0 Å². The molecule has 0 aromatic carbocycles. The Morgan fingerprint density at radius 3 is 3.00 bits per heavy atom. The van der Waals surface area contributed by atoms with Gasteiger partial charge >= 0.3 is 0 Å². The molecule has 0 aliphatic carbocycles. The van der Waals surface area contributed by atoms with Crippen LogP contribution < -0.4 is 10.6 Å². The monoisotopic (exact) mass is 328 g/mol. The molecule has 2 aromatic rings. The molecule has 0 bridgehead atoms. The summed E-state index contributed by atoms with van der Waals surface area (Å²) < 4.78 is 7.11. The van der Waals surface area contributed by atoms with Gasteiger partial charge in [-0.25, -0.2) is 4.98 Å². The van der Waals surface area contributed by atoms with Gasteiger partial charge < -0.3 is 15.4 Å². The molecule has 2 N–H and O–H groups in total. The number of rotatable bonds is 6. The summed E-state index contributed by atoms with van der Waals surface area (Å²) in [5.41, 5.74) is 0.823. The number of hydrogen-bond donors (Lipinski definition) is 2. The van der Waals surface area contributed by atoms with Crippen molar-refractivity contribution in [2.75, 3.05) is 19.7 Å². The molecule has 1 aliphatic rings. The van der Waals surface area contributed by atoms with Gasteiger partial charge in [0.15, 0.2) is 5.69 Å². The van der Waals surface area contributed by atoms with Gasteiger partial charge in [-0.05, 0) is 25.0 Å². The smallest absolute Gasteiger partial charge is 0.287 e. The van der Waals surface area contributed by atoms with E-state index in [1.807, 2.05) is 0 Å². The van der Waals surface area contributed by atoms with Crippen molar-refractivity contribution in [3.8, 4) is 0 Å². The minimum absolute atomic E-state index is 0.0539. The zero-order chi connectivity index (χ0) is 16.9. The van der Waals surface area contributed by atoms with E-state index in [1.54, 1.807) is 34.9 Å². The first-order chi connectivity index (χ1) is 11.7. The zero-order valence-corrected chi connectivity index (χ0v) is 13.3. The lowest BCUT2D eigenvalue weighted by Gasteiger charge is -2.09. The maximum Gasteiger partial charge on any atom is 0.287 e. The number of carbonyl (C=O) groups is 2. The van der Waals surface area contributed by atoms with Crippen LogP contribution in [-0.2, 0) is 4.74 Å². The lowest BCUT2D eigenvalue weighted by atomic mass is 10.2. The highest BCUT2D eigenvalue weighted by Crippen LogP contribution is 2.14. The number of hydrogen-bond acceptors (Lipinski definition) is 4. The van der Waals surface area contributed by atoms with Crippen LogP contribution in [0.4, 0.5) is 0 Å². The molecule has 7 heteroatoms. The summed E-state index contributed by atoms with van der Waals surface area (Å²) in [4.78, 5) is 29.0. The third-order valence-electron chi connectivity index (χ3n) is 3.89. The first-order valence-electron chi connectivity index (χ1n) is 7.96. The second-order valence-electron chi connectivity index (χ2n) is 5.58. The summed E-state index contributed by atoms with van der Waals surface area (Å²) >= 11 is 0. The lowest BCUT2D eigenvalue weighted by Crippen LogP contribution is -2.32. The molecule has 1 unspecified atom stereocenters. The van der Waals surface area contributed by atoms with Gasteiger partial charge in [-0.15, -0.1) is 6.58 Å². The number of imidazole rings is 1. The Morgan fingerprint density at radius 2 is 2.25 bits per heavy atom. The highest BCUT2D eigenvalue weighted by Gasteiger charge is 2.22. The van der Waals surface area contributed by atoms with Crippen molar-refractivity contribution in [1.29, 1.82) is 0 Å². The molecule has 0 radical (unpaired) electrons. The Balaban J connectivity index is 1.83. The molecular formula is C17H20N4O3. The van der Waals surface area contributed by atoms with E-state index in [9.17, 15) is 9.59 Å². The molecule has 1 saturated heterocycles. The Morgan fingerprint density at radius 1 is 1.38 bits per heavy atom. The van der Waals surface area contributed by atoms with E-state index < -0.39 is 0 Å². The largest absolute Gasteiger partial charge is 0.376 e. The molecule has 1 aliphatic heterocycles. The van der Waals surface area contributed by atoms with Gasteiger partial charge in [-0.3, -0.25) is 14.0 Å². The minimum Gasteiger partial charge on any atom is -0.376 e. The summed E-state index contributed by atoms with van der Waals surface area (Å²) in [7, 11) is 0. The summed E-state index contributed by atoms with van der Waals surface area (Å²) in [6, 6.07) is 5.35. The second-order valence-corrected chi connectivity index (χ2v) is 5.58. The van der Waals surface area contributed by atoms with Gasteiger partial charge in [0.05, 0.1) is 11.6 Å². The van der Waals surface area contributed by atoms with E-state index in [2.05, 4.69) is 22.2 Å². The van der Waals surface area contributed by atoms with E-state index in [4.69, 9.17) is 4.74 Å². The van der Waals surface area contributed by atoms with Crippen molar-refractivity contribution in [3.63, 3.8) is 0 Å². The van der Waals surface area contributed by atoms with Crippen LogP contribution in [0, 0.1) is 0 Å². The van der Waals surface area contributed by atoms with Gasteiger partial charge in [0.1, 0.15) is 0 Å². The van der Waals surface area contributed by atoms with Crippen LogP contribution in [0.15, 0.2) is 37.1 Å². The standard InChI is InChI=1S/C17H20N4O3/c1-2-8-18-17(23)15-20-14(13-7-3-4-9-21(13)15)16(22)19-11-12-6-5-10-24-12/h2-4,7,9,12H,1,5-6,8,10-11H2,(H,18,23)(H,19,22). The highest BCUT2D eigenvalue weighted by molar-refractivity contribution is 6.02. The Kier molecular flexibility index (Phi) is 4.90. The molecule has 3 heterocycles. The third-order valence-corrected chi connectivity index (χ3v) is 3.89. The van der Waals surface area contributed by atoms with Crippen molar-refractivity contribution in [1.82, 2.24) is 20.0 Å². The highest BCUT2D eigenvalue weighted by atomic mass is 16.5. The summed E-state index contributed by atoms with van der Waals surface area (Å²) in [6.45, 7) is 5.09. The van der Waals surface area contributed by atoms with Crippen LogP contribution in [0.2, 0.25) is 0 Å². The zero-order valence-electron chi connectivity index (χ0n) is 13.3. The molecule has 2 aromatic heterocycles. The Hall–Kier alpha value is -2.67. The average molecular weight is 328 g/mol. The van der Waals surface area contributed by atoms with E-state index in [0.29, 0.717) is 18.6 Å². The predicted octanol–water partition coefficient (Wildman–Crippen LogP) is 1.16. The third kappa shape index (κ3) is 3.30. The normalized spacial score (nSPS) is 16.9. The Bertz CT molecular complexity index is 762. The molecule has 0 saturated carbocycles. The van der Waals surface area contributed by atoms with E-state index in [0.717, 1.165) is 19.4 Å². The fourth-order valence-electron chi connectivity index (χ4n) is 2.70. The van der Waals surface area contributed by atoms with Crippen molar-refractivity contribution < 1.29 is 14.3 Å². The minimum atomic E-state index is -0.353. The number of aromatic nitrogens is 2. The van der Waals surface area contributed by atoms with Gasteiger partial charge in [0.25, 0.3) is 11.8 Å². The Labute approximate surface area is 139 Å². The van der Waals surface area contributed by atoms with Crippen LogP contribution in [0.3, 0.4) is 0 Å². The van der Waals surface area contributed by atoms with Crippen LogP contribution in [0.1, 0.15) is 33.9 Å². The molecule has 24 heavy (non-hydrogen) atoms. The van der Waals surface area contributed by atoms with Crippen LogP contribution in [0.5, 0.6) is 0 Å². The second kappa shape index (κ2) is 7.27. The topological polar surface area (TPSA) is 84.7 Å². The van der Waals surface area contributed by atoms with Gasteiger partial charge in [0, 0.05) is 25.9 Å². The summed E-state index contributed by atoms with van der Waals surface area (Å²) in [5, 5.41) is 5.52. The van der Waals surface area contributed by atoms with Crippen LogP contribution >= 0.6 is 0 Å². The number of ether oxygens (including phenoxy) is 1. The molecule has 0 spiro atoms. The summed E-state index contributed by atoms with van der Waals surface area (Å²) in [6.07, 6.45) is 5.31. The number of fused-ring (bicyclic) bond motifs is 1. The number of pyridine rings is 1. The molecule has 3 rings (SSSR count). The van der Waals surface area contributed by atoms with E-state index in [1.165, 1.54) is 0 Å². The molecule has 7 nitrogen and oxygen atoms in total. The maximum atomic E-state index is 12.5. The van der Waals surface area contributed by atoms with Gasteiger partial charge in [-0.2, -0.15) is 0 Å². The van der Waals surface area contributed by atoms with E-state index >= 15 is 0 Å². The summed E-state index contributed by atoms with van der Waals surface area (Å²) in [5.74, 6) is -0.485. The maximum absolute atomic E-state index is 12.5. The molecule has 1 fully saturated rings. The first kappa shape index (κ1) is 16.2. The molecule has 126 valence electrons. The van der Waals surface area contributed by atoms with Crippen molar-refractivity contribution in [2.45, 2.75) is 18.9 Å². The van der Waals surface area contributed by atoms with Gasteiger partial charge in [0.2, 0.25) is 5.82 Å². The average Bonchev–Trinajstić information content (AvgIpc) is 3.25. The fraction of sp³-hybridized carbons (Fsp3) is 0.353. The lowest BCUT2D eigenvalue weighted by molar-refractivity contribution is 0.0855. The van der Waals surface area contributed by atoms with Gasteiger partial charge in [-0.1, -0.05) is 12.1 Å². The molecule has 2 amide bonds. The van der Waals surface area contributed by atoms with E-state index in [-0.39, 0.29) is 29.4 Å². The van der Waals surface area contributed by atoms with Crippen LogP contribution in [-0.4, -0.2) is 47.0 Å². The number of nitrogens with zero attached hydrogens (tertiary/aromatic N) is 2. The SMILES string of the molecule is C=CCNC(=O)c1nc(C(=O)NCC2CCCO2)c2ccccn12. The number of amides is 2. The fourth-order valence-corrected chi connectivity index (χ4v) is 2.70.